The maximum absolute atomic E-state index is 13.3. The zero-order valence-corrected chi connectivity index (χ0v) is 24.8. The number of primary amides is 1. The fourth-order valence-corrected chi connectivity index (χ4v) is 6.55. The van der Waals surface area contributed by atoms with Gasteiger partial charge in [-0.1, -0.05) is 24.0 Å². The summed E-state index contributed by atoms with van der Waals surface area (Å²) in [4.78, 5) is 50.3. The first kappa shape index (κ1) is 33.7. The highest BCUT2D eigenvalue weighted by atomic mass is 32.2. The zero-order valence-electron chi connectivity index (χ0n) is 22.4. The number of thiophene rings is 1. The molecule has 3 aromatic rings. The van der Waals surface area contributed by atoms with Gasteiger partial charge in [0, 0.05) is 23.4 Å². The molecule has 1 saturated heterocycles. The SMILES string of the molecule is NC(=O)CC(CC(=O)Nc1ccc(C(=O)O)cc1)N1C(=O)/C(=C/c2cc(-c3cc(C(F)(F)F)cc(C(F)(F)F)c3)cs2)SC1=S. The van der Waals surface area contributed by atoms with Gasteiger partial charge in [0.05, 0.1) is 27.6 Å². The number of carboxylic acids is 1. The number of carbonyl (C=O) groups is 4. The van der Waals surface area contributed by atoms with Gasteiger partial charge in [-0.2, -0.15) is 26.3 Å². The summed E-state index contributed by atoms with van der Waals surface area (Å²) in [6, 6.07) is 6.69. The summed E-state index contributed by atoms with van der Waals surface area (Å²) in [6.07, 6.45) is -9.55. The fraction of sp³-hybridized carbons (Fsp3) is 0.179. The minimum Gasteiger partial charge on any atom is -0.478 e. The monoisotopic (exact) mass is 687 g/mol. The Bertz CT molecular complexity index is 1690. The van der Waals surface area contributed by atoms with E-state index in [4.69, 9.17) is 23.1 Å². The van der Waals surface area contributed by atoms with Crippen LogP contribution < -0.4 is 11.1 Å². The number of rotatable bonds is 9. The van der Waals surface area contributed by atoms with Crippen LogP contribution in [0.1, 0.15) is 39.2 Å². The Morgan fingerprint density at radius 1 is 0.956 bits per heavy atom. The molecular weight excluding hydrogens is 669 g/mol. The standard InChI is InChI=1S/C28H19F6N3O5S3/c29-27(30,31)16-5-14(6-17(8-16)28(32,33)34)15-7-20(44-12-15)11-21-24(40)37(26(43)45-21)19(9-22(35)38)10-23(39)36-18-3-1-13(2-4-18)25(41)42/h1-8,11-12,19H,9-10H2,(H2,35,38)(H,36,39)(H,41,42)/b21-11-. The van der Waals surface area contributed by atoms with Gasteiger partial charge in [-0.05, 0) is 71.1 Å². The highest BCUT2D eigenvalue weighted by Crippen LogP contribution is 2.41. The lowest BCUT2D eigenvalue weighted by molar-refractivity contribution is -0.143. The molecule has 4 rings (SSSR count). The summed E-state index contributed by atoms with van der Waals surface area (Å²) in [5, 5.41) is 12.9. The Morgan fingerprint density at radius 3 is 2.09 bits per heavy atom. The van der Waals surface area contributed by atoms with Crippen molar-refractivity contribution in [2.45, 2.75) is 31.2 Å². The molecule has 0 saturated carbocycles. The molecule has 3 amide bonds. The van der Waals surface area contributed by atoms with Gasteiger partial charge in [0.1, 0.15) is 4.32 Å². The van der Waals surface area contributed by atoms with Crippen molar-refractivity contribution in [2.24, 2.45) is 5.73 Å². The van der Waals surface area contributed by atoms with Crippen molar-refractivity contribution in [1.82, 2.24) is 4.90 Å². The number of thioether (sulfide) groups is 1. The maximum Gasteiger partial charge on any atom is 0.416 e. The number of anilines is 1. The molecule has 8 nitrogen and oxygen atoms in total. The summed E-state index contributed by atoms with van der Waals surface area (Å²) >= 11 is 7.10. The van der Waals surface area contributed by atoms with E-state index in [9.17, 15) is 45.5 Å². The second kappa shape index (κ2) is 13.0. The number of hydrogen-bond acceptors (Lipinski definition) is 7. The van der Waals surface area contributed by atoms with Crippen molar-refractivity contribution in [1.29, 1.82) is 0 Å². The van der Waals surface area contributed by atoms with Crippen LogP contribution in [0.25, 0.3) is 17.2 Å². The minimum absolute atomic E-state index is 0.0114. The number of halogens is 6. The second-order valence-electron chi connectivity index (χ2n) is 9.54. The summed E-state index contributed by atoms with van der Waals surface area (Å²) < 4.78 is 79.9. The normalized spacial score (nSPS) is 15.4. The van der Waals surface area contributed by atoms with Gasteiger partial charge >= 0.3 is 18.3 Å². The predicted octanol–water partition coefficient (Wildman–Crippen LogP) is 6.62. The van der Waals surface area contributed by atoms with Gasteiger partial charge in [0.15, 0.2) is 0 Å². The van der Waals surface area contributed by atoms with Crippen molar-refractivity contribution in [3.63, 3.8) is 0 Å². The molecule has 1 aliphatic rings. The van der Waals surface area contributed by atoms with Crippen molar-refractivity contribution in [2.75, 3.05) is 5.32 Å². The van der Waals surface area contributed by atoms with Crippen LogP contribution >= 0.6 is 35.3 Å². The molecular formula is C28H19F6N3O5S3. The van der Waals surface area contributed by atoms with E-state index < -0.39 is 66.1 Å². The van der Waals surface area contributed by atoms with E-state index in [2.05, 4.69) is 5.32 Å². The molecule has 236 valence electrons. The molecule has 2 heterocycles. The molecule has 0 radical (unpaired) electrons. The third-order valence-electron chi connectivity index (χ3n) is 6.28. The van der Waals surface area contributed by atoms with Crippen LogP contribution in [0.4, 0.5) is 32.0 Å². The minimum atomic E-state index is -5.02. The fourth-order valence-electron chi connectivity index (χ4n) is 4.23. The summed E-state index contributed by atoms with van der Waals surface area (Å²) in [6.45, 7) is 0. The Balaban J connectivity index is 1.55. The van der Waals surface area contributed by atoms with Crippen LogP contribution in [0.3, 0.4) is 0 Å². The molecule has 1 unspecified atom stereocenters. The quantitative estimate of drug-likeness (QED) is 0.131. The number of benzene rings is 2. The Morgan fingerprint density at radius 2 is 1.56 bits per heavy atom. The molecule has 17 heteroatoms. The average molecular weight is 688 g/mol. The van der Waals surface area contributed by atoms with E-state index in [-0.39, 0.29) is 37.7 Å². The Kier molecular flexibility index (Phi) is 9.74. The largest absolute Gasteiger partial charge is 0.478 e. The number of hydrogen-bond donors (Lipinski definition) is 3. The number of aromatic carboxylic acids is 1. The first-order valence-electron chi connectivity index (χ1n) is 12.5. The maximum atomic E-state index is 13.3. The van der Waals surface area contributed by atoms with Gasteiger partial charge in [0.2, 0.25) is 11.8 Å². The average Bonchev–Trinajstić information content (AvgIpc) is 3.50. The number of amides is 3. The molecule has 1 aliphatic heterocycles. The van der Waals surface area contributed by atoms with Crippen molar-refractivity contribution in [3.05, 3.63) is 80.4 Å². The highest BCUT2D eigenvalue weighted by molar-refractivity contribution is 8.26. The van der Waals surface area contributed by atoms with Gasteiger partial charge in [-0.3, -0.25) is 19.3 Å². The van der Waals surface area contributed by atoms with E-state index in [1.54, 1.807) is 0 Å². The van der Waals surface area contributed by atoms with Gasteiger partial charge in [-0.25, -0.2) is 4.79 Å². The lowest BCUT2D eigenvalue weighted by Gasteiger charge is -2.25. The molecule has 1 atom stereocenters. The number of carbonyl (C=O) groups excluding carboxylic acids is 3. The van der Waals surface area contributed by atoms with E-state index in [1.165, 1.54) is 41.8 Å². The molecule has 0 spiro atoms. The first-order chi connectivity index (χ1) is 20.9. The molecule has 1 fully saturated rings. The molecule has 4 N–H and O–H groups in total. The van der Waals surface area contributed by atoms with Crippen LogP contribution in [0, 0.1) is 0 Å². The molecule has 1 aromatic heterocycles. The molecule has 0 bridgehead atoms. The van der Waals surface area contributed by atoms with E-state index in [1.807, 2.05) is 0 Å². The Labute approximate surface area is 263 Å². The number of nitrogens with zero attached hydrogens (tertiary/aromatic N) is 1. The van der Waals surface area contributed by atoms with Crippen molar-refractivity contribution < 1.29 is 50.6 Å². The topological polar surface area (TPSA) is 130 Å². The second-order valence-corrected chi connectivity index (χ2v) is 12.2. The summed E-state index contributed by atoms with van der Waals surface area (Å²) in [5.74, 6) is -3.33. The third kappa shape index (κ3) is 8.29. The lowest BCUT2D eigenvalue weighted by atomic mass is 10.0. The predicted molar refractivity (Wildman–Crippen MR) is 159 cm³/mol. The molecule has 0 aliphatic carbocycles. The van der Waals surface area contributed by atoms with E-state index >= 15 is 0 Å². The number of thiocarbonyl (C=S) groups is 1. The van der Waals surface area contributed by atoms with Crippen molar-refractivity contribution >= 4 is 75.1 Å². The smallest absolute Gasteiger partial charge is 0.416 e. The highest BCUT2D eigenvalue weighted by Gasteiger charge is 2.39. The number of nitrogens with two attached hydrogens (primary N) is 1. The summed E-state index contributed by atoms with van der Waals surface area (Å²) in [7, 11) is 0. The lowest BCUT2D eigenvalue weighted by Crippen LogP contribution is -2.43. The first-order valence-corrected chi connectivity index (χ1v) is 14.6. The Hall–Kier alpha value is -4.22. The zero-order chi connectivity index (χ0) is 33.3. The number of carboxylic acid groups (broad SMARTS) is 1. The number of nitrogens with one attached hydrogen (secondary N) is 1. The van der Waals surface area contributed by atoms with Gasteiger partial charge < -0.3 is 16.2 Å². The van der Waals surface area contributed by atoms with Gasteiger partial charge in [-0.15, -0.1) is 11.3 Å². The number of alkyl halides is 6. The third-order valence-corrected chi connectivity index (χ3v) is 8.49. The van der Waals surface area contributed by atoms with Gasteiger partial charge in [0.25, 0.3) is 5.91 Å². The van der Waals surface area contributed by atoms with Crippen molar-refractivity contribution in [3.8, 4) is 11.1 Å². The van der Waals surface area contributed by atoms with Crippen LogP contribution in [-0.2, 0) is 26.7 Å². The van der Waals surface area contributed by atoms with Crippen LogP contribution in [0.15, 0.2) is 58.8 Å². The van der Waals surface area contributed by atoms with E-state index in [0.29, 0.717) is 17.0 Å². The van der Waals surface area contributed by atoms with Crippen LogP contribution in [-0.4, -0.2) is 44.1 Å². The molecule has 2 aromatic carbocycles. The van der Waals surface area contributed by atoms with Crippen LogP contribution in [0.5, 0.6) is 0 Å². The van der Waals surface area contributed by atoms with Crippen LogP contribution in [0.2, 0.25) is 0 Å². The summed E-state index contributed by atoms with van der Waals surface area (Å²) in [5.41, 5.74) is 2.38. The van der Waals surface area contributed by atoms with E-state index in [0.717, 1.165) is 28.0 Å². The molecule has 45 heavy (non-hydrogen) atoms.